The van der Waals surface area contributed by atoms with E-state index in [4.69, 9.17) is 0 Å². The van der Waals surface area contributed by atoms with E-state index >= 15 is 0 Å². The first-order chi connectivity index (χ1) is 12.9. The van der Waals surface area contributed by atoms with Crippen molar-refractivity contribution < 1.29 is 13.2 Å². The van der Waals surface area contributed by atoms with Crippen molar-refractivity contribution in [3.8, 4) is 11.4 Å². The molecular formula is C17H21N5O3S2. The molecule has 0 saturated carbocycles. The number of pyridine rings is 1. The second-order valence-corrected chi connectivity index (χ2v) is 9.85. The number of rotatable bonds is 7. The van der Waals surface area contributed by atoms with Gasteiger partial charge in [-0.2, -0.15) is 0 Å². The normalized spacial score (nSPS) is 19.5. The minimum atomic E-state index is -3.03. The van der Waals surface area contributed by atoms with Crippen LogP contribution in [0.1, 0.15) is 13.3 Å². The summed E-state index contributed by atoms with van der Waals surface area (Å²) in [5.41, 5.74) is 0.826. The standard InChI is InChI=1S/C17H21N5O3S2/c1-3-8-22-15(13-5-4-7-18-10-13)20-21-17(22)26-12(2)16(23)19-14-6-9-27(24,25)11-14/h3-5,7,10,12,14H,1,6,8-9,11H2,2H3,(H,19,23)/t12-,14-/m1/s1. The van der Waals surface area contributed by atoms with Gasteiger partial charge in [-0.3, -0.25) is 14.3 Å². The lowest BCUT2D eigenvalue weighted by atomic mass is 10.2. The molecule has 1 N–H and O–H groups in total. The van der Waals surface area contributed by atoms with E-state index in [0.29, 0.717) is 23.9 Å². The molecule has 2 atom stereocenters. The number of hydrogen-bond donors (Lipinski definition) is 1. The van der Waals surface area contributed by atoms with Gasteiger partial charge in [-0.15, -0.1) is 16.8 Å². The Morgan fingerprint density at radius 2 is 2.33 bits per heavy atom. The van der Waals surface area contributed by atoms with Gasteiger partial charge in [0.25, 0.3) is 0 Å². The first-order valence-electron chi connectivity index (χ1n) is 8.51. The number of carbonyl (C=O) groups is 1. The summed E-state index contributed by atoms with van der Waals surface area (Å²) in [4.78, 5) is 16.5. The van der Waals surface area contributed by atoms with Crippen molar-refractivity contribution in [2.75, 3.05) is 11.5 Å². The van der Waals surface area contributed by atoms with E-state index in [0.717, 1.165) is 5.56 Å². The molecular weight excluding hydrogens is 386 g/mol. The summed E-state index contributed by atoms with van der Waals surface area (Å²) in [6.07, 6.45) is 5.59. The van der Waals surface area contributed by atoms with Crippen molar-refractivity contribution in [2.45, 2.75) is 36.3 Å². The molecule has 0 spiro atoms. The van der Waals surface area contributed by atoms with Crippen LogP contribution < -0.4 is 5.32 Å². The summed E-state index contributed by atoms with van der Waals surface area (Å²) in [5, 5.41) is 11.4. The minimum absolute atomic E-state index is 0.00787. The van der Waals surface area contributed by atoms with Crippen molar-refractivity contribution in [1.29, 1.82) is 0 Å². The van der Waals surface area contributed by atoms with E-state index in [2.05, 4.69) is 27.1 Å². The predicted molar refractivity (Wildman–Crippen MR) is 104 cm³/mol. The number of aromatic nitrogens is 4. The molecule has 1 amide bonds. The van der Waals surface area contributed by atoms with Gasteiger partial charge in [0.1, 0.15) is 0 Å². The molecule has 1 aliphatic rings. The van der Waals surface area contributed by atoms with Crippen LogP contribution in [0.3, 0.4) is 0 Å². The monoisotopic (exact) mass is 407 g/mol. The molecule has 1 fully saturated rings. The highest BCUT2D eigenvalue weighted by atomic mass is 32.2. The van der Waals surface area contributed by atoms with E-state index in [1.165, 1.54) is 11.8 Å². The van der Waals surface area contributed by atoms with Crippen molar-refractivity contribution in [1.82, 2.24) is 25.1 Å². The van der Waals surface area contributed by atoms with Crippen LogP contribution in [0.15, 0.2) is 42.3 Å². The van der Waals surface area contributed by atoms with Crippen LogP contribution in [-0.2, 0) is 21.2 Å². The third-order valence-electron chi connectivity index (χ3n) is 4.18. The van der Waals surface area contributed by atoms with Gasteiger partial charge in [-0.1, -0.05) is 17.8 Å². The van der Waals surface area contributed by atoms with Gasteiger partial charge in [0.2, 0.25) is 5.91 Å². The molecule has 0 aromatic carbocycles. The number of nitrogens with one attached hydrogen (secondary N) is 1. The van der Waals surface area contributed by atoms with Crippen LogP contribution in [0.25, 0.3) is 11.4 Å². The molecule has 27 heavy (non-hydrogen) atoms. The van der Waals surface area contributed by atoms with Gasteiger partial charge in [-0.25, -0.2) is 8.42 Å². The lowest BCUT2D eigenvalue weighted by Gasteiger charge is -2.15. The van der Waals surface area contributed by atoms with Gasteiger partial charge in [0, 0.05) is 30.5 Å². The lowest BCUT2D eigenvalue weighted by Crippen LogP contribution is -2.40. The highest BCUT2D eigenvalue weighted by Crippen LogP contribution is 2.27. The Kier molecular flexibility index (Phi) is 5.95. The van der Waals surface area contributed by atoms with Crippen LogP contribution in [0.2, 0.25) is 0 Å². The third kappa shape index (κ3) is 4.75. The minimum Gasteiger partial charge on any atom is -0.351 e. The average Bonchev–Trinajstić information content (AvgIpc) is 3.19. The zero-order valence-corrected chi connectivity index (χ0v) is 16.5. The summed E-state index contributed by atoms with van der Waals surface area (Å²) in [7, 11) is -3.03. The van der Waals surface area contributed by atoms with E-state index in [1.807, 2.05) is 16.7 Å². The molecule has 1 saturated heterocycles. The predicted octanol–water partition coefficient (Wildman–Crippen LogP) is 1.31. The van der Waals surface area contributed by atoms with Gasteiger partial charge in [0.15, 0.2) is 20.8 Å². The molecule has 0 unspecified atom stereocenters. The maximum atomic E-state index is 12.4. The first kappa shape index (κ1) is 19.6. The summed E-state index contributed by atoms with van der Waals surface area (Å²) in [5.74, 6) is 0.577. The second kappa shape index (κ2) is 8.22. The maximum absolute atomic E-state index is 12.4. The molecule has 0 aliphatic carbocycles. The molecule has 10 heteroatoms. The van der Waals surface area contributed by atoms with Crippen molar-refractivity contribution >= 4 is 27.5 Å². The number of amides is 1. The molecule has 144 valence electrons. The Morgan fingerprint density at radius 3 is 2.96 bits per heavy atom. The van der Waals surface area contributed by atoms with Crippen LogP contribution in [0.5, 0.6) is 0 Å². The Morgan fingerprint density at radius 1 is 1.52 bits per heavy atom. The van der Waals surface area contributed by atoms with E-state index in [-0.39, 0.29) is 23.5 Å². The number of nitrogens with zero attached hydrogens (tertiary/aromatic N) is 4. The van der Waals surface area contributed by atoms with Crippen LogP contribution in [0, 0.1) is 0 Å². The van der Waals surface area contributed by atoms with Gasteiger partial charge in [-0.05, 0) is 25.5 Å². The van der Waals surface area contributed by atoms with E-state index in [9.17, 15) is 13.2 Å². The van der Waals surface area contributed by atoms with Gasteiger partial charge < -0.3 is 5.32 Å². The second-order valence-electron chi connectivity index (χ2n) is 6.32. The largest absolute Gasteiger partial charge is 0.351 e. The molecule has 2 aromatic heterocycles. The molecule has 1 aliphatic heterocycles. The Labute approximate surface area is 162 Å². The maximum Gasteiger partial charge on any atom is 0.233 e. The van der Waals surface area contributed by atoms with E-state index < -0.39 is 15.1 Å². The number of carbonyl (C=O) groups excluding carboxylic acids is 1. The number of thioether (sulfide) groups is 1. The Hall–Kier alpha value is -2.20. The summed E-state index contributed by atoms with van der Waals surface area (Å²) < 4.78 is 25.0. The SMILES string of the molecule is C=CCn1c(S[C@H](C)C(=O)N[C@@H]2CCS(=O)(=O)C2)nnc1-c1cccnc1. The fraction of sp³-hybridized carbons (Fsp3) is 0.412. The topological polar surface area (TPSA) is 107 Å². The van der Waals surface area contributed by atoms with Crippen molar-refractivity contribution in [2.24, 2.45) is 0 Å². The Balaban J connectivity index is 1.72. The molecule has 0 bridgehead atoms. The molecule has 3 rings (SSSR count). The highest BCUT2D eigenvalue weighted by molar-refractivity contribution is 8.00. The molecule has 8 nitrogen and oxygen atoms in total. The van der Waals surface area contributed by atoms with Crippen LogP contribution >= 0.6 is 11.8 Å². The van der Waals surface area contributed by atoms with Crippen molar-refractivity contribution in [3.63, 3.8) is 0 Å². The highest BCUT2D eigenvalue weighted by Gasteiger charge is 2.30. The lowest BCUT2D eigenvalue weighted by molar-refractivity contribution is -0.120. The summed E-state index contributed by atoms with van der Waals surface area (Å²) in [6, 6.07) is 3.39. The first-order valence-corrected chi connectivity index (χ1v) is 11.2. The van der Waals surface area contributed by atoms with Gasteiger partial charge >= 0.3 is 0 Å². The zero-order valence-electron chi connectivity index (χ0n) is 14.9. The fourth-order valence-electron chi connectivity index (χ4n) is 2.82. The van der Waals surface area contributed by atoms with Crippen LogP contribution in [0.4, 0.5) is 0 Å². The number of hydrogen-bond acceptors (Lipinski definition) is 7. The molecule has 2 aromatic rings. The molecule has 0 radical (unpaired) electrons. The average molecular weight is 408 g/mol. The summed E-state index contributed by atoms with van der Waals surface area (Å²) >= 11 is 1.28. The molecule has 3 heterocycles. The number of allylic oxidation sites excluding steroid dienone is 1. The van der Waals surface area contributed by atoms with Crippen LogP contribution in [-0.4, -0.2) is 56.9 Å². The summed E-state index contributed by atoms with van der Waals surface area (Å²) in [6.45, 7) is 6.03. The third-order valence-corrected chi connectivity index (χ3v) is 7.03. The van der Waals surface area contributed by atoms with Crippen molar-refractivity contribution in [3.05, 3.63) is 37.2 Å². The zero-order chi connectivity index (χ0) is 19.4. The van der Waals surface area contributed by atoms with Gasteiger partial charge in [0.05, 0.1) is 16.8 Å². The number of sulfone groups is 1. The quantitative estimate of drug-likeness (QED) is 0.545. The fourth-order valence-corrected chi connectivity index (χ4v) is 5.36. The Bertz CT molecular complexity index is 927. The smallest absolute Gasteiger partial charge is 0.233 e. The van der Waals surface area contributed by atoms with E-state index in [1.54, 1.807) is 25.4 Å².